The van der Waals surface area contributed by atoms with Crippen LogP contribution < -0.4 is 0 Å². The molecule has 1 atom stereocenters. The molecule has 1 fully saturated rings. The van der Waals surface area contributed by atoms with E-state index in [4.69, 9.17) is 4.74 Å². The van der Waals surface area contributed by atoms with Crippen molar-refractivity contribution in [1.82, 2.24) is 4.57 Å². The molecule has 0 saturated carbocycles. The molecule has 0 aromatic heterocycles. The zero-order chi connectivity index (χ0) is 10.8. The van der Waals surface area contributed by atoms with Crippen LogP contribution in [0.2, 0.25) is 19.6 Å². The number of nitrogens with zero attached hydrogens (tertiary/aromatic N) is 1. The van der Waals surface area contributed by atoms with E-state index in [-0.39, 0.29) is 5.97 Å². The third kappa shape index (κ3) is 3.10. The van der Waals surface area contributed by atoms with Gasteiger partial charge in [-0.3, -0.25) is 4.79 Å². The first-order chi connectivity index (χ1) is 6.41. The lowest BCUT2D eigenvalue weighted by atomic mass is 10.1. The smallest absolute Gasteiger partial charge is 0.305 e. The molecule has 14 heavy (non-hydrogen) atoms. The average molecular weight is 215 g/mol. The molecule has 0 aromatic carbocycles. The fourth-order valence-electron chi connectivity index (χ4n) is 1.68. The lowest BCUT2D eigenvalue weighted by Crippen LogP contribution is -2.50. The van der Waals surface area contributed by atoms with Gasteiger partial charge < -0.3 is 9.30 Å². The van der Waals surface area contributed by atoms with E-state index in [1.54, 1.807) is 0 Å². The summed E-state index contributed by atoms with van der Waals surface area (Å²) in [5.74, 6) is -0.0310. The van der Waals surface area contributed by atoms with Crippen molar-refractivity contribution in [1.29, 1.82) is 0 Å². The third-order valence-corrected chi connectivity index (χ3v) is 5.44. The van der Waals surface area contributed by atoms with E-state index in [1.807, 2.05) is 0 Å². The van der Waals surface area contributed by atoms with Gasteiger partial charge in [-0.1, -0.05) is 19.6 Å². The van der Waals surface area contributed by atoms with E-state index in [1.165, 1.54) is 0 Å². The number of rotatable bonds is 2. The highest BCUT2D eigenvalue weighted by Gasteiger charge is 2.29. The Balaban J connectivity index is 2.55. The number of hydrogen-bond acceptors (Lipinski definition) is 3. The first-order valence-corrected chi connectivity index (χ1v) is 8.74. The van der Waals surface area contributed by atoms with Crippen molar-refractivity contribution >= 4 is 14.2 Å². The Morgan fingerprint density at radius 1 is 1.43 bits per heavy atom. The van der Waals surface area contributed by atoms with Crippen LogP contribution in [0.4, 0.5) is 0 Å². The lowest BCUT2D eigenvalue weighted by Gasteiger charge is -2.36. The lowest BCUT2D eigenvalue weighted by molar-refractivity contribution is -0.143. The highest BCUT2D eigenvalue weighted by atomic mass is 28.3. The average Bonchev–Trinajstić information content (AvgIpc) is 2.27. The Morgan fingerprint density at radius 2 is 2.07 bits per heavy atom. The molecule has 0 spiro atoms. The van der Waals surface area contributed by atoms with E-state index in [9.17, 15) is 4.79 Å². The number of esters is 1. The van der Waals surface area contributed by atoms with Crippen LogP contribution in [0, 0.1) is 0 Å². The molecule has 0 N–H and O–H groups in total. The number of hydrogen-bond donors (Lipinski definition) is 0. The van der Waals surface area contributed by atoms with E-state index in [2.05, 4.69) is 31.3 Å². The molecule has 0 aliphatic carbocycles. The zero-order valence-corrected chi connectivity index (χ0v) is 10.7. The molecule has 1 unspecified atom stereocenters. The van der Waals surface area contributed by atoms with Crippen LogP contribution in [0.1, 0.15) is 19.3 Å². The molecular formula is C10H21NO2Si. The summed E-state index contributed by atoms with van der Waals surface area (Å²) in [5.41, 5.74) is 0. The van der Waals surface area contributed by atoms with Gasteiger partial charge >= 0.3 is 5.97 Å². The van der Waals surface area contributed by atoms with Crippen molar-refractivity contribution in [2.24, 2.45) is 0 Å². The summed E-state index contributed by atoms with van der Waals surface area (Å²) in [4.78, 5) is 11.1. The molecule has 4 heteroatoms. The van der Waals surface area contributed by atoms with Gasteiger partial charge in [-0.25, -0.2) is 0 Å². The fourth-order valence-corrected chi connectivity index (χ4v) is 2.98. The Hall–Kier alpha value is -0.353. The molecule has 1 aliphatic heterocycles. The van der Waals surface area contributed by atoms with Gasteiger partial charge in [0.25, 0.3) is 0 Å². The van der Waals surface area contributed by atoms with Crippen LogP contribution in [-0.2, 0) is 9.53 Å². The number of likely N-dealkylation sites (N-methyl/N-ethyl adjacent to an activating group) is 1. The monoisotopic (exact) mass is 215 g/mol. The molecule has 0 radical (unpaired) electrons. The maximum Gasteiger partial charge on any atom is 0.305 e. The Morgan fingerprint density at radius 3 is 2.64 bits per heavy atom. The fraction of sp³-hybridized carbons (Fsp3) is 0.900. The summed E-state index contributed by atoms with van der Waals surface area (Å²) >= 11 is 0. The molecule has 1 aliphatic rings. The van der Waals surface area contributed by atoms with Crippen molar-refractivity contribution in [3.63, 3.8) is 0 Å². The Kier molecular flexibility index (Phi) is 3.72. The summed E-state index contributed by atoms with van der Waals surface area (Å²) in [6.07, 6.45) is 2.65. The summed E-state index contributed by atoms with van der Waals surface area (Å²) in [6, 6.07) is 0.438. The number of carbonyl (C=O) groups excluding carboxylic acids is 1. The molecule has 3 nitrogen and oxygen atoms in total. The SMILES string of the molecule is CN(C1CCCC(=O)OC1)[Si](C)(C)C. The highest BCUT2D eigenvalue weighted by molar-refractivity contribution is 6.73. The normalized spacial score (nSPS) is 24.6. The van der Waals surface area contributed by atoms with Gasteiger partial charge in [0, 0.05) is 12.5 Å². The second-order valence-corrected chi connectivity index (χ2v) is 10.1. The van der Waals surface area contributed by atoms with Crippen molar-refractivity contribution in [3.8, 4) is 0 Å². The molecule has 0 amide bonds. The third-order valence-electron chi connectivity index (χ3n) is 2.96. The van der Waals surface area contributed by atoms with Crippen molar-refractivity contribution in [2.75, 3.05) is 13.7 Å². The van der Waals surface area contributed by atoms with Gasteiger partial charge in [-0.2, -0.15) is 0 Å². The summed E-state index contributed by atoms with van der Waals surface area (Å²) < 4.78 is 7.61. The van der Waals surface area contributed by atoms with E-state index in [0.717, 1.165) is 12.8 Å². The quantitative estimate of drug-likeness (QED) is 0.520. The molecule has 1 heterocycles. The standard InChI is InChI=1S/C10H21NO2Si/c1-11(14(2,3)4)9-6-5-7-10(12)13-8-9/h9H,5-8H2,1-4H3. The minimum absolute atomic E-state index is 0.0310. The van der Waals surface area contributed by atoms with Crippen molar-refractivity contribution in [2.45, 2.75) is 44.9 Å². The minimum atomic E-state index is -1.25. The van der Waals surface area contributed by atoms with Crippen molar-refractivity contribution < 1.29 is 9.53 Å². The highest BCUT2D eigenvalue weighted by Crippen LogP contribution is 2.18. The zero-order valence-electron chi connectivity index (χ0n) is 9.67. The predicted octanol–water partition coefficient (Wildman–Crippen LogP) is 1.85. The van der Waals surface area contributed by atoms with E-state index < -0.39 is 8.24 Å². The molecule has 0 aromatic rings. The maximum atomic E-state index is 11.1. The van der Waals surface area contributed by atoms with E-state index >= 15 is 0 Å². The number of cyclic esters (lactones) is 1. The first kappa shape index (κ1) is 11.7. The summed E-state index contributed by atoms with van der Waals surface area (Å²) in [6.45, 7) is 7.54. The predicted molar refractivity (Wildman–Crippen MR) is 59.7 cm³/mol. The van der Waals surface area contributed by atoms with Crippen LogP contribution in [-0.4, -0.2) is 38.5 Å². The van der Waals surface area contributed by atoms with E-state index in [0.29, 0.717) is 19.1 Å². The summed E-state index contributed by atoms with van der Waals surface area (Å²) in [7, 11) is 0.912. The molecular weight excluding hydrogens is 194 g/mol. The van der Waals surface area contributed by atoms with Gasteiger partial charge in [-0.15, -0.1) is 0 Å². The van der Waals surface area contributed by atoms with Gasteiger partial charge in [0.15, 0.2) is 0 Å². The topological polar surface area (TPSA) is 29.5 Å². The molecule has 1 saturated heterocycles. The summed E-state index contributed by atoms with van der Waals surface area (Å²) in [5, 5.41) is 0. The van der Waals surface area contributed by atoms with Crippen LogP contribution in [0.5, 0.6) is 0 Å². The van der Waals surface area contributed by atoms with Gasteiger partial charge in [0.05, 0.1) is 0 Å². The van der Waals surface area contributed by atoms with Crippen LogP contribution in [0.25, 0.3) is 0 Å². The van der Waals surface area contributed by atoms with Crippen LogP contribution in [0.3, 0.4) is 0 Å². The van der Waals surface area contributed by atoms with Crippen LogP contribution >= 0.6 is 0 Å². The second-order valence-electron chi connectivity index (χ2n) is 5.01. The number of ether oxygens (including phenoxy) is 1. The van der Waals surface area contributed by atoms with Crippen LogP contribution in [0.15, 0.2) is 0 Å². The second kappa shape index (κ2) is 4.44. The van der Waals surface area contributed by atoms with Gasteiger partial charge in [-0.05, 0) is 19.9 Å². The van der Waals surface area contributed by atoms with Gasteiger partial charge in [0.1, 0.15) is 14.8 Å². The maximum absolute atomic E-state index is 11.1. The Bertz CT molecular complexity index is 213. The van der Waals surface area contributed by atoms with Gasteiger partial charge in [0.2, 0.25) is 0 Å². The molecule has 0 bridgehead atoms. The molecule has 82 valence electrons. The van der Waals surface area contributed by atoms with Crippen molar-refractivity contribution in [3.05, 3.63) is 0 Å². The Labute approximate surface area is 87.5 Å². The number of carbonyl (C=O) groups is 1. The molecule has 1 rings (SSSR count). The first-order valence-electron chi connectivity index (χ1n) is 5.30. The minimum Gasteiger partial charge on any atom is -0.464 e. The largest absolute Gasteiger partial charge is 0.464 e.